The molecule has 0 spiro atoms. The van der Waals surface area contributed by atoms with E-state index in [-0.39, 0.29) is 5.91 Å². The first-order valence-corrected chi connectivity index (χ1v) is 6.25. The smallest absolute Gasteiger partial charge is 0.228 e. The normalized spacial score (nSPS) is 13.0. The summed E-state index contributed by atoms with van der Waals surface area (Å²) in [5.74, 6) is 0.676. The third kappa shape index (κ3) is 2.27. The van der Waals surface area contributed by atoms with Crippen molar-refractivity contribution in [2.24, 2.45) is 0 Å². The monoisotopic (exact) mass is 254 g/mol. The quantitative estimate of drug-likeness (QED) is 0.880. The minimum Gasteiger partial charge on any atom is -0.355 e. The highest BCUT2D eigenvalue weighted by atomic mass is 16.1. The molecule has 1 aliphatic rings. The van der Waals surface area contributed by atoms with Crippen molar-refractivity contribution in [3.8, 4) is 11.1 Å². The zero-order chi connectivity index (χ0) is 13.2. The molecule has 0 aliphatic carbocycles. The third-order valence-corrected chi connectivity index (χ3v) is 3.05. The van der Waals surface area contributed by atoms with Crippen LogP contribution in [0.3, 0.4) is 0 Å². The second-order valence-electron chi connectivity index (χ2n) is 4.42. The number of amides is 1. The summed E-state index contributed by atoms with van der Waals surface area (Å²) in [5, 5.41) is 5.88. The van der Waals surface area contributed by atoms with E-state index in [0.717, 1.165) is 28.9 Å². The van der Waals surface area contributed by atoms with Crippen LogP contribution in [0.25, 0.3) is 11.1 Å². The average Bonchev–Trinajstić information content (AvgIpc) is 2.79. The highest BCUT2D eigenvalue weighted by molar-refractivity contribution is 5.99. The van der Waals surface area contributed by atoms with Gasteiger partial charge in [-0.15, -0.1) is 0 Å². The lowest BCUT2D eigenvalue weighted by molar-refractivity contribution is -0.115. The number of carbonyl (C=O) groups excluding carboxylic acids is 1. The van der Waals surface area contributed by atoms with E-state index in [9.17, 15) is 4.79 Å². The van der Waals surface area contributed by atoms with Gasteiger partial charge in [0.25, 0.3) is 0 Å². The fraction of sp³-hybridized carbons (Fsp3) is 0.214. The van der Waals surface area contributed by atoms with E-state index in [2.05, 4.69) is 20.6 Å². The number of fused-ring (bicyclic) bond motifs is 1. The Morgan fingerprint density at radius 2 is 2.05 bits per heavy atom. The summed E-state index contributed by atoms with van der Waals surface area (Å²) in [7, 11) is 0. The number of anilines is 2. The van der Waals surface area contributed by atoms with Crippen molar-refractivity contribution >= 4 is 17.5 Å². The first kappa shape index (κ1) is 11.6. The summed E-state index contributed by atoms with van der Waals surface area (Å²) in [5.41, 5.74) is 3.90. The Morgan fingerprint density at radius 3 is 2.79 bits per heavy atom. The number of aromatic nitrogens is 2. The topological polar surface area (TPSA) is 66.9 Å². The number of hydrogen-bond acceptors (Lipinski definition) is 4. The second-order valence-corrected chi connectivity index (χ2v) is 4.42. The van der Waals surface area contributed by atoms with Gasteiger partial charge in [-0.05, 0) is 30.2 Å². The average molecular weight is 254 g/mol. The second kappa shape index (κ2) is 4.68. The van der Waals surface area contributed by atoms with E-state index < -0.39 is 0 Å². The lowest BCUT2D eigenvalue weighted by Gasteiger charge is -2.05. The van der Waals surface area contributed by atoms with Crippen molar-refractivity contribution in [3.63, 3.8) is 0 Å². The fourth-order valence-electron chi connectivity index (χ4n) is 2.14. The van der Waals surface area contributed by atoms with Crippen molar-refractivity contribution in [1.82, 2.24) is 9.97 Å². The number of nitrogens with zero attached hydrogens (tertiary/aromatic N) is 2. The highest BCUT2D eigenvalue weighted by Gasteiger charge is 2.17. The SMILES string of the molecule is CCNc1ncc(-c2ccc3c(c2)CC(=O)N3)cn1. The number of rotatable bonds is 3. The zero-order valence-electron chi connectivity index (χ0n) is 10.6. The van der Waals surface area contributed by atoms with Crippen LogP contribution < -0.4 is 10.6 Å². The molecule has 1 aromatic heterocycles. The maximum Gasteiger partial charge on any atom is 0.228 e. The molecule has 5 nitrogen and oxygen atoms in total. The molecule has 0 saturated heterocycles. The van der Waals surface area contributed by atoms with Crippen molar-refractivity contribution < 1.29 is 4.79 Å². The summed E-state index contributed by atoms with van der Waals surface area (Å²) >= 11 is 0. The molecule has 5 heteroatoms. The van der Waals surface area contributed by atoms with E-state index in [0.29, 0.717) is 12.4 Å². The van der Waals surface area contributed by atoms with Gasteiger partial charge in [0.1, 0.15) is 0 Å². The Labute approximate surface area is 111 Å². The molecular weight excluding hydrogens is 240 g/mol. The largest absolute Gasteiger partial charge is 0.355 e. The molecule has 3 rings (SSSR count). The molecule has 2 heterocycles. The highest BCUT2D eigenvalue weighted by Crippen LogP contribution is 2.28. The minimum absolute atomic E-state index is 0.0471. The molecule has 0 bridgehead atoms. The lowest BCUT2D eigenvalue weighted by Crippen LogP contribution is -2.03. The molecule has 2 aromatic rings. The maximum absolute atomic E-state index is 11.3. The van der Waals surface area contributed by atoms with Crippen LogP contribution in [0.15, 0.2) is 30.6 Å². The van der Waals surface area contributed by atoms with Gasteiger partial charge in [-0.2, -0.15) is 0 Å². The van der Waals surface area contributed by atoms with Crippen LogP contribution in [0.2, 0.25) is 0 Å². The van der Waals surface area contributed by atoms with Crippen molar-refractivity contribution in [1.29, 1.82) is 0 Å². The van der Waals surface area contributed by atoms with E-state index in [1.54, 1.807) is 12.4 Å². The standard InChI is InChI=1S/C14H14N4O/c1-2-15-14-16-7-11(8-17-14)9-3-4-12-10(5-9)6-13(19)18-12/h3-5,7-8H,2,6H2,1H3,(H,18,19)(H,15,16,17). The molecular formula is C14H14N4O. The third-order valence-electron chi connectivity index (χ3n) is 3.05. The van der Waals surface area contributed by atoms with E-state index in [4.69, 9.17) is 0 Å². The number of carbonyl (C=O) groups is 1. The van der Waals surface area contributed by atoms with Gasteiger partial charge >= 0.3 is 0 Å². The van der Waals surface area contributed by atoms with Gasteiger partial charge in [-0.3, -0.25) is 4.79 Å². The molecule has 1 aromatic carbocycles. The van der Waals surface area contributed by atoms with Crippen molar-refractivity contribution in [2.45, 2.75) is 13.3 Å². The number of nitrogens with one attached hydrogen (secondary N) is 2. The van der Waals surface area contributed by atoms with Gasteiger partial charge in [-0.1, -0.05) is 6.07 Å². The summed E-state index contributed by atoms with van der Waals surface area (Å²) < 4.78 is 0. The zero-order valence-corrected chi connectivity index (χ0v) is 10.6. The first-order chi connectivity index (χ1) is 9.26. The van der Waals surface area contributed by atoms with Crippen LogP contribution in [0.1, 0.15) is 12.5 Å². The van der Waals surface area contributed by atoms with Crippen molar-refractivity contribution in [3.05, 3.63) is 36.2 Å². The first-order valence-electron chi connectivity index (χ1n) is 6.25. The van der Waals surface area contributed by atoms with Gasteiger partial charge in [-0.25, -0.2) is 9.97 Å². The van der Waals surface area contributed by atoms with Crippen LogP contribution >= 0.6 is 0 Å². The van der Waals surface area contributed by atoms with E-state index in [1.165, 1.54) is 0 Å². The van der Waals surface area contributed by atoms with Gasteiger partial charge in [0.2, 0.25) is 11.9 Å². The molecule has 0 atom stereocenters. The molecule has 1 aliphatic heterocycles. The van der Waals surface area contributed by atoms with Crippen LogP contribution in [0, 0.1) is 0 Å². The minimum atomic E-state index is 0.0471. The summed E-state index contributed by atoms with van der Waals surface area (Å²) in [4.78, 5) is 19.8. The predicted molar refractivity (Wildman–Crippen MR) is 74.0 cm³/mol. The molecule has 0 unspecified atom stereocenters. The molecule has 0 radical (unpaired) electrons. The summed E-state index contributed by atoms with van der Waals surface area (Å²) in [6.07, 6.45) is 4.02. The van der Waals surface area contributed by atoms with Gasteiger partial charge in [0.15, 0.2) is 0 Å². The molecule has 0 saturated carbocycles. The Bertz CT molecular complexity index is 622. The molecule has 1 amide bonds. The Kier molecular flexibility index (Phi) is 2.87. The molecule has 2 N–H and O–H groups in total. The van der Waals surface area contributed by atoms with Crippen LogP contribution in [-0.2, 0) is 11.2 Å². The maximum atomic E-state index is 11.3. The number of hydrogen-bond donors (Lipinski definition) is 2. The predicted octanol–water partition coefficient (Wildman–Crippen LogP) is 2.07. The Morgan fingerprint density at radius 1 is 1.26 bits per heavy atom. The van der Waals surface area contributed by atoms with Crippen molar-refractivity contribution in [2.75, 3.05) is 17.2 Å². The van der Waals surface area contributed by atoms with Gasteiger partial charge in [0, 0.05) is 30.2 Å². The van der Waals surface area contributed by atoms with Crippen LogP contribution in [0.4, 0.5) is 11.6 Å². The molecule has 96 valence electrons. The molecule has 0 fully saturated rings. The van der Waals surface area contributed by atoms with E-state index in [1.807, 2.05) is 25.1 Å². The van der Waals surface area contributed by atoms with Crippen LogP contribution in [-0.4, -0.2) is 22.4 Å². The fourth-order valence-corrected chi connectivity index (χ4v) is 2.14. The van der Waals surface area contributed by atoms with Crippen LogP contribution in [0.5, 0.6) is 0 Å². The number of benzene rings is 1. The Hall–Kier alpha value is -2.43. The lowest BCUT2D eigenvalue weighted by atomic mass is 10.0. The van der Waals surface area contributed by atoms with E-state index >= 15 is 0 Å². The summed E-state index contributed by atoms with van der Waals surface area (Å²) in [6, 6.07) is 5.91. The Balaban J connectivity index is 1.90. The molecule has 19 heavy (non-hydrogen) atoms. The van der Waals surface area contributed by atoms with Gasteiger partial charge < -0.3 is 10.6 Å². The summed E-state index contributed by atoms with van der Waals surface area (Å²) in [6.45, 7) is 2.80. The van der Waals surface area contributed by atoms with Gasteiger partial charge in [0.05, 0.1) is 6.42 Å².